The average Bonchev–Trinajstić information content (AvgIpc) is 2.79. The Labute approximate surface area is 135 Å². The van der Waals surface area contributed by atoms with Gasteiger partial charge in [0.15, 0.2) is 0 Å². The van der Waals surface area contributed by atoms with Crippen LogP contribution in [0, 0.1) is 6.92 Å². The molecule has 1 aromatic carbocycles. The third kappa shape index (κ3) is 3.56. The molecule has 4 nitrogen and oxygen atoms in total. The molecule has 0 atom stereocenters. The number of methoxy groups -OCH3 is 1. The van der Waals surface area contributed by atoms with Crippen molar-refractivity contribution in [2.24, 2.45) is 0 Å². The van der Waals surface area contributed by atoms with E-state index in [9.17, 15) is 9.59 Å². The van der Waals surface area contributed by atoms with Crippen LogP contribution >= 0.6 is 34.5 Å². The van der Waals surface area contributed by atoms with E-state index in [4.69, 9.17) is 23.2 Å². The predicted molar refractivity (Wildman–Crippen MR) is 84.8 cm³/mol. The van der Waals surface area contributed by atoms with Crippen molar-refractivity contribution in [3.8, 4) is 0 Å². The van der Waals surface area contributed by atoms with Gasteiger partial charge in [0.1, 0.15) is 4.34 Å². The molecule has 110 valence electrons. The lowest BCUT2D eigenvalue weighted by molar-refractivity contribution is 0.0600. The first kappa shape index (κ1) is 15.8. The Kier molecular flexibility index (Phi) is 4.88. The van der Waals surface area contributed by atoms with E-state index in [0.29, 0.717) is 25.5 Å². The fourth-order valence-electron chi connectivity index (χ4n) is 1.69. The molecule has 1 aromatic heterocycles. The van der Waals surface area contributed by atoms with E-state index in [0.717, 1.165) is 16.9 Å². The number of thiophene rings is 1. The van der Waals surface area contributed by atoms with Gasteiger partial charge in [0.25, 0.3) is 5.91 Å². The molecule has 0 saturated carbocycles. The normalized spacial score (nSPS) is 10.3. The Morgan fingerprint density at radius 3 is 2.52 bits per heavy atom. The maximum atomic E-state index is 12.2. The van der Waals surface area contributed by atoms with Gasteiger partial charge >= 0.3 is 5.97 Å². The van der Waals surface area contributed by atoms with E-state index in [1.807, 2.05) is 6.92 Å². The summed E-state index contributed by atoms with van der Waals surface area (Å²) >= 11 is 12.9. The van der Waals surface area contributed by atoms with Crippen LogP contribution < -0.4 is 5.32 Å². The molecule has 1 N–H and O–H groups in total. The number of carbonyl (C=O) groups excluding carboxylic acids is 2. The molecule has 0 aliphatic rings. The zero-order valence-corrected chi connectivity index (χ0v) is 13.5. The van der Waals surface area contributed by atoms with E-state index in [1.165, 1.54) is 13.2 Å². The smallest absolute Gasteiger partial charge is 0.337 e. The monoisotopic (exact) mass is 343 g/mol. The molecule has 2 aromatic rings. The van der Waals surface area contributed by atoms with Crippen molar-refractivity contribution in [3.63, 3.8) is 0 Å². The highest BCUT2D eigenvalue weighted by atomic mass is 35.5. The number of hydrogen-bond donors (Lipinski definition) is 1. The van der Waals surface area contributed by atoms with Gasteiger partial charge in [-0.2, -0.15) is 0 Å². The Hall–Kier alpha value is -1.56. The summed E-state index contributed by atoms with van der Waals surface area (Å²) in [4.78, 5) is 23.7. The van der Waals surface area contributed by atoms with Crippen LogP contribution in [0.3, 0.4) is 0 Å². The van der Waals surface area contributed by atoms with Crippen LogP contribution in [0.15, 0.2) is 24.3 Å². The molecule has 0 bridgehead atoms. The van der Waals surface area contributed by atoms with Gasteiger partial charge in [-0.15, -0.1) is 11.3 Å². The lowest BCUT2D eigenvalue weighted by Crippen LogP contribution is -2.13. The molecule has 0 unspecified atom stereocenters. The summed E-state index contributed by atoms with van der Waals surface area (Å²) in [5.74, 6) is -0.852. The molecule has 7 heteroatoms. The maximum absolute atomic E-state index is 12.2. The number of amides is 1. The number of ether oxygens (including phenoxy) is 1. The second-order valence-corrected chi connectivity index (χ2v) is 6.50. The fraction of sp³-hybridized carbons (Fsp3) is 0.143. The Balaban J connectivity index is 2.28. The molecule has 0 fully saturated rings. The Morgan fingerprint density at radius 1 is 1.24 bits per heavy atom. The number of carbonyl (C=O) groups is 2. The molecule has 0 spiro atoms. The second-order valence-electron chi connectivity index (χ2n) is 4.21. The maximum Gasteiger partial charge on any atom is 0.337 e. The number of anilines is 1. The molecule has 2 rings (SSSR count). The van der Waals surface area contributed by atoms with Crippen molar-refractivity contribution in [2.45, 2.75) is 6.92 Å². The molecule has 0 saturated heterocycles. The first-order chi connectivity index (χ1) is 9.92. The van der Waals surface area contributed by atoms with E-state index < -0.39 is 5.97 Å². The highest BCUT2D eigenvalue weighted by Gasteiger charge is 2.16. The second kappa shape index (κ2) is 6.47. The third-order valence-corrected chi connectivity index (χ3v) is 4.30. The number of rotatable bonds is 3. The quantitative estimate of drug-likeness (QED) is 0.840. The molecule has 0 radical (unpaired) electrons. The lowest BCUT2D eigenvalue weighted by atomic mass is 10.1. The van der Waals surface area contributed by atoms with Crippen LogP contribution in [0.25, 0.3) is 0 Å². The number of halogens is 2. The SMILES string of the molecule is COC(=O)c1ccc(C)c(NC(=O)c2cc(Cl)sc2Cl)c1. The lowest BCUT2D eigenvalue weighted by Gasteiger charge is -2.09. The number of nitrogens with one attached hydrogen (secondary N) is 1. The number of aryl methyl sites for hydroxylation is 1. The molecule has 1 heterocycles. The van der Waals surface area contributed by atoms with Gasteiger partial charge in [0.05, 0.1) is 22.6 Å². The van der Waals surface area contributed by atoms with Crippen molar-refractivity contribution in [2.75, 3.05) is 12.4 Å². The molecule has 0 aliphatic heterocycles. The summed E-state index contributed by atoms with van der Waals surface area (Å²) in [5.41, 5.74) is 1.98. The Morgan fingerprint density at radius 2 is 1.95 bits per heavy atom. The van der Waals surface area contributed by atoms with Gasteiger partial charge in [-0.25, -0.2) is 4.79 Å². The van der Waals surface area contributed by atoms with Crippen molar-refractivity contribution in [1.82, 2.24) is 0 Å². The summed E-state index contributed by atoms with van der Waals surface area (Å²) in [5, 5.41) is 2.72. The first-order valence-corrected chi connectivity index (χ1v) is 7.44. The topological polar surface area (TPSA) is 55.4 Å². The zero-order valence-electron chi connectivity index (χ0n) is 11.2. The Bertz CT molecular complexity index is 712. The summed E-state index contributed by atoms with van der Waals surface area (Å²) in [6.07, 6.45) is 0. The van der Waals surface area contributed by atoms with E-state index in [-0.39, 0.29) is 5.91 Å². The number of esters is 1. The van der Waals surface area contributed by atoms with Crippen LogP contribution in [-0.2, 0) is 4.74 Å². The van der Waals surface area contributed by atoms with Gasteiger partial charge in [-0.3, -0.25) is 4.79 Å². The standard InChI is InChI=1S/C14H11Cl2NO3S/c1-7-3-4-8(14(19)20-2)5-10(7)17-13(18)9-6-11(15)21-12(9)16/h3-6H,1-2H3,(H,17,18). The van der Waals surface area contributed by atoms with Gasteiger partial charge in [-0.05, 0) is 30.7 Å². The van der Waals surface area contributed by atoms with Crippen molar-refractivity contribution >= 4 is 52.1 Å². The fourth-order valence-corrected chi connectivity index (χ4v) is 3.14. The summed E-state index contributed by atoms with van der Waals surface area (Å²) in [6.45, 7) is 1.82. The van der Waals surface area contributed by atoms with E-state index >= 15 is 0 Å². The zero-order chi connectivity index (χ0) is 15.6. The average molecular weight is 344 g/mol. The van der Waals surface area contributed by atoms with Gasteiger partial charge in [0, 0.05) is 5.69 Å². The van der Waals surface area contributed by atoms with Crippen molar-refractivity contribution in [1.29, 1.82) is 0 Å². The minimum atomic E-state index is -0.470. The van der Waals surface area contributed by atoms with Crippen molar-refractivity contribution in [3.05, 3.63) is 49.6 Å². The van der Waals surface area contributed by atoms with Gasteiger partial charge in [0.2, 0.25) is 0 Å². The summed E-state index contributed by atoms with van der Waals surface area (Å²) in [6, 6.07) is 6.42. The minimum absolute atomic E-state index is 0.300. The van der Waals surface area contributed by atoms with Crippen LogP contribution in [0.4, 0.5) is 5.69 Å². The summed E-state index contributed by atoms with van der Waals surface area (Å²) in [7, 11) is 1.30. The van der Waals surface area contributed by atoms with Crippen LogP contribution in [-0.4, -0.2) is 19.0 Å². The molecule has 21 heavy (non-hydrogen) atoms. The van der Waals surface area contributed by atoms with Crippen LogP contribution in [0.1, 0.15) is 26.3 Å². The molecule has 0 aliphatic carbocycles. The minimum Gasteiger partial charge on any atom is -0.465 e. The highest BCUT2D eigenvalue weighted by Crippen LogP contribution is 2.31. The molecular weight excluding hydrogens is 333 g/mol. The molecular formula is C14H11Cl2NO3S. The third-order valence-electron chi connectivity index (χ3n) is 2.81. The van der Waals surface area contributed by atoms with Crippen LogP contribution in [0.5, 0.6) is 0 Å². The summed E-state index contributed by atoms with van der Waals surface area (Å²) < 4.78 is 5.41. The predicted octanol–water partition coefficient (Wildman–Crippen LogP) is 4.40. The van der Waals surface area contributed by atoms with E-state index in [2.05, 4.69) is 10.1 Å². The van der Waals surface area contributed by atoms with Gasteiger partial charge in [-0.1, -0.05) is 29.3 Å². The van der Waals surface area contributed by atoms with Crippen LogP contribution in [0.2, 0.25) is 8.67 Å². The highest BCUT2D eigenvalue weighted by molar-refractivity contribution is 7.20. The number of hydrogen-bond acceptors (Lipinski definition) is 4. The van der Waals surface area contributed by atoms with Crippen molar-refractivity contribution < 1.29 is 14.3 Å². The molecule has 1 amide bonds. The van der Waals surface area contributed by atoms with E-state index in [1.54, 1.807) is 18.2 Å². The van der Waals surface area contributed by atoms with Gasteiger partial charge < -0.3 is 10.1 Å². The largest absolute Gasteiger partial charge is 0.465 e. The first-order valence-electron chi connectivity index (χ1n) is 5.87. The number of benzene rings is 1.